The minimum atomic E-state index is 0.0591. The third-order valence-electron chi connectivity index (χ3n) is 5.35. The molecule has 4 nitrogen and oxygen atoms in total. The van der Waals surface area contributed by atoms with E-state index >= 15 is 0 Å². The van der Waals surface area contributed by atoms with E-state index in [-0.39, 0.29) is 23.8 Å². The summed E-state index contributed by atoms with van der Waals surface area (Å²) in [6.07, 6.45) is 8.24. The van der Waals surface area contributed by atoms with Crippen molar-refractivity contribution in [1.82, 2.24) is 10.6 Å². The molecule has 3 rings (SSSR count). The van der Waals surface area contributed by atoms with Gasteiger partial charge in [-0.2, -0.15) is 0 Å². The lowest BCUT2D eigenvalue weighted by Gasteiger charge is -2.29. The maximum Gasteiger partial charge on any atom is 0.230 e. The predicted octanol–water partition coefficient (Wildman–Crippen LogP) is 4.17. The molecule has 142 valence electrons. The van der Waals surface area contributed by atoms with Crippen LogP contribution in [0.2, 0.25) is 5.02 Å². The zero-order chi connectivity index (χ0) is 18.4. The normalized spacial score (nSPS) is 23.6. The molecule has 1 aromatic rings. The molecule has 0 radical (unpaired) electrons. The zero-order valence-electron chi connectivity index (χ0n) is 15.0. The number of hydrogen-bond acceptors (Lipinski definition) is 3. The number of amides is 2. The summed E-state index contributed by atoms with van der Waals surface area (Å²) < 4.78 is 0. The summed E-state index contributed by atoms with van der Waals surface area (Å²) >= 11 is 7.38. The van der Waals surface area contributed by atoms with Crippen molar-refractivity contribution >= 4 is 35.2 Å². The Balaban J connectivity index is 1.34. The van der Waals surface area contributed by atoms with Crippen molar-refractivity contribution in [2.45, 2.75) is 68.3 Å². The fourth-order valence-corrected chi connectivity index (χ4v) is 4.67. The minimum Gasteiger partial charge on any atom is -0.353 e. The summed E-state index contributed by atoms with van der Waals surface area (Å²) in [5.41, 5.74) is 0. The topological polar surface area (TPSA) is 58.2 Å². The molecule has 0 bridgehead atoms. The first-order chi connectivity index (χ1) is 12.6. The summed E-state index contributed by atoms with van der Waals surface area (Å²) in [6, 6.07) is 8.11. The van der Waals surface area contributed by atoms with Crippen molar-refractivity contribution < 1.29 is 9.59 Å². The van der Waals surface area contributed by atoms with Gasteiger partial charge in [-0.15, -0.1) is 11.8 Å². The number of halogens is 1. The van der Waals surface area contributed by atoms with Gasteiger partial charge in [0.05, 0.1) is 5.75 Å². The lowest BCUT2D eigenvalue weighted by molar-refractivity contribution is -0.126. The third kappa shape index (κ3) is 5.92. The summed E-state index contributed by atoms with van der Waals surface area (Å²) in [5, 5.41) is 7.02. The number of carbonyl (C=O) groups excluding carboxylic acids is 2. The number of benzene rings is 1. The fourth-order valence-electron chi connectivity index (χ4n) is 3.84. The van der Waals surface area contributed by atoms with E-state index in [0.717, 1.165) is 43.4 Å². The van der Waals surface area contributed by atoms with E-state index in [9.17, 15) is 9.59 Å². The molecule has 2 saturated carbocycles. The van der Waals surface area contributed by atoms with E-state index in [1.54, 1.807) is 0 Å². The van der Waals surface area contributed by atoms with Gasteiger partial charge in [0.2, 0.25) is 11.8 Å². The van der Waals surface area contributed by atoms with Crippen molar-refractivity contribution in [2.75, 3.05) is 5.75 Å². The SMILES string of the molecule is O=C(CSc1ccc(Cl)cc1)NC1CCC(C(=O)NC2CCCC2)CC1. The van der Waals surface area contributed by atoms with Crippen molar-refractivity contribution in [3.63, 3.8) is 0 Å². The first kappa shape index (κ1) is 19.6. The lowest BCUT2D eigenvalue weighted by Crippen LogP contribution is -2.43. The largest absolute Gasteiger partial charge is 0.353 e. The van der Waals surface area contributed by atoms with Gasteiger partial charge in [0.25, 0.3) is 0 Å². The van der Waals surface area contributed by atoms with Gasteiger partial charge < -0.3 is 10.6 Å². The van der Waals surface area contributed by atoms with E-state index < -0.39 is 0 Å². The van der Waals surface area contributed by atoms with E-state index in [1.807, 2.05) is 24.3 Å². The molecule has 1 aromatic carbocycles. The molecule has 2 aliphatic carbocycles. The van der Waals surface area contributed by atoms with E-state index in [2.05, 4.69) is 10.6 Å². The zero-order valence-corrected chi connectivity index (χ0v) is 16.6. The first-order valence-corrected chi connectivity index (χ1v) is 10.9. The van der Waals surface area contributed by atoms with Crippen LogP contribution in [0.3, 0.4) is 0 Å². The standard InChI is InChI=1S/C20H27ClN2O2S/c21-15-7-11-18(12-8-15)26-13-19(24)22-17-9-5-14(6-10-17)20(25)23-16-3-1-2-4-16/h7-8,11-12,14,16-17H,1-6,9-10,13H2,(H,22,24)(H,23,25). The highest BCUT2D eigenvalue weighted by Crippen LogP contribution is 2.26. The van der Waals surface area contributed by atoms with Crippen LogP contribution in [-0.4, -0.2) is 29.7 Å². The second-order valence-electron chi connectivity index (χ2n) is 7.35. The molecular weight excluding hydrogens is 368 g/mol. The van der Waals surface area contributed by atoms with Crippen LogP contribution in [0.1, 0.15) is 51.4 Å². The van der Waals surface area contributed by atoms with Gasteiger partial charge in [-0.25, -0.2) is 0 Å². The molecular formula is C20H27ClN2O2S. The van der Waals surface area contributed by atoms with Gasteiger partial charge in [-0.1, -0.05) is 24.4 Å². The van der Waals surface area contributed by atoms with Crippen molar-refractivity contribution in [3.8, 4) is 0 Å². The van der Waals surface area contributed by atoms with Crippen LogP contribution >= 0.6 is 23.4 Å². The monoisotopic (exact) mass is 394 g/mol. The Hall–Kier alpha value is -1.20. The first-order valence-electron chi connectivity index (χ1n) is 9.58. The number of rotatable bonds is 6. The molecule has 2 fully saturated rings. The molecule has 0 saturated heterocycles. The van der Waals surface area contributed by atoms with Gasteiger partial charge in [-0.3, -0.25) is 9.59 Å². The van der Waals surface area contributed by atoms with Crippen LogP contribution in [0.15, 0.2) is 29.2 Å². The number of thioether (sulfide) groups is 1. The Morgan fingerprint density at radius 3 is 2.19 bits per heavy atom. The third-order valence-corrected chi connectivity index (χ3v) is 6.61. The molecule has 2 amide bonds. The second-order valence-corrected chi connectivity index (χ2v) is 8.83. The van der Waals surface area contributed by atoms with Crippen molar-refractivity contribution in [2.24, 2.45) is 5.92 Å². The summed E-state index contributed by atoms with van der Waals surface area (Å²) in [5.74, 6) is 0.806. The number of carbonyl (C=O) groups is 2. The van der Waals surface area contributed by atoms with Gasteiger partial charge in [-0.05, 0) is 62.8 Å². The summed E-state index contributed by atoms with van der Waals surface area (Å²) in [4.78, 5) is 25.6. The van der Waals surface area contributed by atoms with Crippen molar-refractivity contribution in [3.05, 3.63) is 29.3 Å². The van der Waals surface area contributed by atoms with E-state index in [1.165, 1.54) is 24.6 Å². The number of nitrogens with one attached hydrogen (secondary N) is 2. The molecule has 0 unspecified atom stereocenters. The van der Waals surface area contributed by atoms with E-state index in [4.69, 9.17) is 11.6 Å². The molecule has 0 aromatic heterocycles. The van der Waals surface area contributed by atoms with Crippen LogP contribution < -0.4 is 10.6 Å². The fraction of sp³-hybridized carbons (Fsp3) is 0.600. The maximum atomic E-state index is 12.4. The molecule has 0 atom stereocenters. The predicted molar refractivity (Wildman–Crippen MR) is 106 cm³/mol. The molecule has 0 aliphatic heterocycles. The van der Waals surface area contributed by atoms with Crippen LogP contribution in [0.4, 0.5) is 0 Å². The molecule has 26 heavy (non-hydrogen) atoms. The summed E-state index contributed by atoms with van der Waals surface area (Å²) in [6.45, 7) is 0. The van der Waals surface area contributed by atoms with Gasteiger partial charge >= 0.3 is 0 Å². The molecule has 0 heterocycles. The minimum absolute atomic E-state index is 0.0591. The Labute approximate surface area is 164 Å². The Morgan fingerprint density at radius 1 is 0.923 bits per heavy atom. The van der Waals surface area contributed by atoms with Crippen LogP contribution in [0.25, 0.3) is 0 Å². The second kappa shape index (κ2) is 9.65. The highest BCUT2D eigenvalue weighted by molar-refractivity contribution is 8.00. The van der Waals surface area contributed by atoms with Gasteiger partial charge in [0, 0.05) is 27.9 Å². The Morgan fingerprint density at radius 2 is 1.54 bits per heavy atom. The Bertz CT molecular complexity index is 609. The van der Waals surface area contributed by atoms with Gasteiger partial charge in [0.1, 0.15) is 0 Å². The van der Waals surface area contributed by atoms with Crippen LogP contribution in [0.5, 0.6) is 0 Å². The van der Waals surface area contributed by atoms with E-state index in [0.29, 0.717) is 16.8 Å². The van der Waals surface area contributed by atoms with Crippen LogP contribution in [-0.2, 0) is 9.59 Å². The average Bonchev–Trinajstić information content (AvgIpc) is 3.15. The number of hydrogen-bond donors (Lipinski definition) is 2. The molecule has 0 spiro atoms. The maximum absolute atomic E-state index is 12.4. The highest BCUT2D eigenvalue weighted by Gasteiger charge is 2.28. The lowest BCUT2D eigenvalue weighted by atomic mass is 9.85. The van der Waals surface area contributed by atoms with Crippen molar-refractivity contribution in [1.29, 1.82) is 0 Å². The molecule has 2 aliphatic rings. The quantitative estimate of drug-likeness (QED) is 0.712. The Kier molecular flexibility index (Phi) is 7.26. The van der Waals surface area contributed by atoms with Crippen LogP contribution in [0, 0.1) is 5.92 Å². The smallest absolute Gasteiger partial charge is 0.230 e. The molecule has 6 heteroatoms. The summed E-state index contributed by atoms with van der Waals surface area (Å²) in [7, 11) is 0. The average molecular weight is 395 g/mol. The highest BCUT2D eigenvalue weighted by atomic mass is 35.5. The molecule has 2 N–H and O–H groups in total. The van der Waals surface area contributed by atoms with Gasteiger partial charge in [0.15, 0.2) is 0 Å².